The highest BCUT2D eigenvalue weighted by atomic mass is 79.9. The van der Waals surface area contributed by atoms with Crippen LogP contribution in [0.3, 0.4) is 0 Å². The van der Waals surface area contributed by atoms with Crippen LogP contribution in [-0.4, -0.2) is 11.6 Å². The van der Waals surface area contributed by atoms with Crippen LogP contribution in [0.2, 0.25) is 0 Å². The standard InChI is InChI=1S/C14H16BrN2OPS/c1-19(18,17-11-7-3-2-6-10(11)15)14-16-12-8-4-5-9-13(12)20-14/h2-3,6-7H,4-5,8-9H2,1H3,(H,17,18)/t19-/m1/s1. The van der Waals surface area contributed by atoms with E-state index in [9.17, 15) is 4.57 Å². The van der Waals surface area contributed by atoms with Crippen LogP contribution < -0.4 is 9.84 Å². The fourth-order valence-electron chi connectivity index (χ4n) is 2.35. The highest BCUT2D eigenvalue weighted by molar-refractivity contribution is 9.10. The number of aryl methyl sites for hydroxylation is 2. The van der Waals surface area contributed by atoms with Crippen LogP contribution in [0.5, 0.6) is 0 Å². The van der Waals surface area contributed by atoms with Crippen molar-refractivity contribution in [2.24, 2.45) is 0 Å². The Labute approximate surface area is 131 Å². The summed E-state index contributed by atoms with van der Waals surface area (Å²) in [4.78, 5) is 5.95. The van der Waals surface area contributed by atoms with Crippen molar-refractivity contribution in [3.05, 3.63) is 39.3 Å². The molecule has 0 spiro atoms. The molecule has 1 aliphatic rings. The van der Waals surface area contributed by atoms with Crippen LogP contribution >= 0.6 is 34.6 Å². The molecular formula is C14H16BrN2OPS. The minimum absolute atomic E-state index is 0.750. The fraction of sp³-hybridized carbons (Fsp3) is 0.357. The Hall–Kier alpha value is -0.640. The molecule has 0 amide bonds. The van der Waals surface area contributed by atoms with E-state index in [0.717, 1.165) is 33.4 Å². The van der Waals surface area contributed by atoms with Crippen molar-refractivity contribution in [2.75, 3.05) is 11.8 Å². The third-order valence-electron chi connectivity index (χ3n) is 3.41. The first-order valence-electron chi connectivity index (χ1n) is 6.66. The number of hydrogen-bond donors (Lipinski definition) is 1. The van der Waals surface area contributed by atoms with Gasteiger partial charge in [0.25, 0.3) is 0 Å². The molecule has 1 N–H and O–H groups in total. The van der Waals surface area contributed by atoms with Crippen molar-refractivity contribution in [1.82, 2.24) is 4.98 Å². The lowest BCUT2D eigenvalue weighted by Crippen LogP contribution is -2.10. The van der Waals surface area contributed by atoms with E-state index in [-0.39, 0.29) is 0 Å². The minimum atomic E-state index is -2.67. The Bertz CT molecular complexity index is 662. The molecule has 0 radical (unpaired) electrons. The third-order valence-corrected chi connectivity index (χ3v) is 7.88. The minimum Gasteiger partial charge on any atom is -0.330 e. The number of thiazole rings is 1. The van der Waals surface area contributed by atoms with Gasteiger partial charge in [0, 0.05) is 16.0 Å². The molecule has 1 aliphatic carbocycles. The zero-order valence-electron chi connectivity index (χ0n) is 11.2. The average Bonchev–Trinajstić information content (AvgIpc) is 2.86. The van der Waals surface area contributed by atoms with Crippen LogP contribution in [0.1, 0.15) is 23.4 Å². The second-order valence-corrected chi connectivity index (χ2v) is 9.83. The Balaban J connectivity index is 1.90. The molecule has 1 aromatic heterocycles. The van der Waals surface area contributed by atoms with Gasteiger partial charge in [-0.25, -0.2) is 4.98 Å². The number of hydrogen-bond acceptors (Lipinski definition) is 3. The smallest absolute Gasteiger partial charge is 0.223 e. The van der Waals surface area contributed by atoms with Gasteiger partial charge in [-0.15, -0.1) is 11.3 Å². The first kappa shape index (κ1) is 14.3. The summed E-state index contributed by atoms with van der Waals surface area (Å²) in [5.74, 6) is 0. The molecular weight excluding hydrogens is 355 g/mol. The van der Waals surface area contributed by atoms with Gasteiger partial charge in [-0.2, -0.15) is 0 Å². The third kappa shape index (κ3) is 2.85. The fourth-order valence-corrected chi connectivity index (χ4v) is 6.00. The maximum Gasteiger partial charge on any atom is 0.223 e. The van der Waals surface area contributed by atoms with Crippen molar-refractivity contribution in [2.45, 2.75) is 25.7 Å². The molecule has 3 nitrogen and oxygen atoms in total. The topological polar surface area (TPSA) is 42.0 Å². The monoisotopic (exact) mass is 370 g/mol. The Morgan fingerprint density at radius 3 is 2.80 bits per heavy atom. The van der Waals surface area contributed by atoms with Crippen LogP contribution in [0, 0.1) is 0 Å². The van der Waals surface area contributed by atoms with E-state index in [1.54, 1.807) is 18.0 Å². The maximum absolute atomic E-state index is 13.0. The number of halogens is 1. The van der Waals surface area contributed by atoms with Gasteiger partial charge in [0.15, 0.2) is 4.75 Å². The summed E-state index contributed by atoms with van der Waals surface area (Å²) >= 11 is 5.09. The highest BCUT2D eigenvalue weighted by Gasteiger charge is 2.26. The predicted molar refractivity (Wildman–Crippen MR) is 89.7 cm³/mol. The van der Waals surface area contributed by atoms with Crippen molar-refractivity contribution in [3.8, 4) is 0 Å². The van der Waals surface area contributed by atoms with E-state index in [0.29, 0.717) is 0 Å². The molecule has 0 bridgehead atoms. The molecule has 1 aromatic carbocycles. The van der Waals surface area contributed by atoms with Gasteiger partial charge in [0.2, 0.25) is 7.29 Å². The van der Waals surface area contributed by atoms with Gasteiger partial charge in [0.05, 0.1) is 11.4 Å². The molecule has 6 heteroatoms. The molecule has 0 fully saturated rings. The van der Waals surface area contributed by atoms with Gasteiger partial charge in [-0.1, -0.05) is 12.1 Å². The second kappa shape index (κ2) is 5.63. The van der Waals surface area contributed by atoms with Crippen LogP contribution in [0.15, 0.2) is 28.7 Å². The first-order valence-corrected chi connectivity index (χ1v) is 10.4. The summed E-state index contributed by atoms with van der Waals surface area (Å²) in [5.41, 5.74) is 2.01. The van der Waals surface area contributed by atoms with Crippen molar-refractivity contribution in [3.63, 3.8) is 0 Å². The number of para-hydroxylation sites is 1. The summed E-state index contributed by atoms with van der Waals surface area (Å²) < 4.78 is 14.6. The zero-order valence-corrected chi connectivity index (χ0v) is 14.5. The second-order valence-electron chi connectivity index (χ2n) is 5.09. The zero-order chi connectivity index (χ0) is 14.2. The van der Waals surface area contributed by atoms with Crippen LogP contribution in [-0.2, 0) is 17.4 Å². The molecule has 0 saturated carbocycles. The average molecular weight is 371 g/mol. The van der Waals surface area contributed by atoms with Gasteiger partial charge in [-0.3, -0.25) is 4.57 Å². The van der Waals surface area contributed by atoms with Gasteiger partial charge in [-0.05, 0) is 53.7 Å². The van der Waals surface area contributed by atoms with E-state index >= 15 is 0 Å². The normalized spacial score (nSPS) is 17.3. The summed E-state index contributed by atoms with van der Waals surface area (Å²) in [7, 11) is -2.67. The number of nitrogens with one attached hydrogen (secondary N) is 1. The molecule has 106 valence electrons. The number of anilines is 1. The highest BCUT2D eigenvalue weighted by Crippen LogP contribution is 2.44. The van der Waals surface area contributed by atoms with E-state index < -0.39 is 7.29 Å². The molecule has 2 aromatic rings. The number of fused-ring (bicyclic) bond motifs is 1. The summed E-state index contributed by atoms with van der Waals surface area (Å²) in [6, 6.07) is 7.74. The summed E-state index contributed by atoms with van der Waals surface area (Å²) in [5, 5.41) is 3.17. The quantitative estimate of drug-likeness (QED) is 0.812. The van der Waals surface area contributed by atoms with Crippen LogP contribution in [0.25, 0.3) is 0 Å². The number of benzene rings is 1. The lowest BCUT2D eigenvalue weighted by Gasteiger charge is -2.14. The van der Waals surface area contributed by atoms with Crippen molar-refractivity contribution < 1.29 is 4.57 Å². The largest absolute Gasteiger partial charge is 0.330 e. The Kier molecular flexibility index (Phi) is 4.02. The number of nitrogens with zero attached hydrogens (tertiary/aromatic N) is 1. The van der Waals surface area contributed by atoms with E-state index in [2.05, 4.69) is 26.0 Å². The van der Waals surface area contributed by atoms with Gasteiger partial charge in [0.1, 0.15) is 0 Å². The number of rotatable bonds is 3. The predicted octanol–water partition coefficient (Wildman–Crippen LogP) is 4.43. The molecule has 0 saturated heterocycles. The SMILES string of the molecule is C[P@](=O)(Nc1ccccc1Br)c1nc2c(s1)CCCC2. The Morgan fingerprint density at radius 1 is 1.30 bits per heavy atom. The van der Waals surface area contributed by atoms with E-state index in [4.69, 9.17) is 0 Å². The molecule has 0 aliphatic heterocycles. The molecule has 1 atom stereocenters. The van der Waals surface area contributed by atoms with E-state index in [1.807, 2.05) is 24.3 Å². The molecule has 0 unspecified atom stereocenters. The lowest BCUT2D eigenvalue weighted by atomic mass is 10.0. The maximum atomic E-state index is 13.0. The van der Waals surface area contributed by atoms with Crippen LogP contribution in [0.4, 0.5) is 5.69 Å². The number of aromatic nitrogens is 1. The first-order chi connectivity index (χ1) is 9.56. The summed E-state index contributed by atoms with van der Waals surface area (Å²) in [6.07, 6.45) is 4.53. The van der Waals surface area contributed by atoms with Gasteiger partial charge < -0.3 is 5.09 Å². The van der Waals surface area contributed by atoms with Gasteiger partial charge >= 0.3 is 0 Å². The van der Waals surface area contributed by atoms with E-state index in [1.165, 1.54) is 17.7 Å². The summed E-state index contributed by atoms with van der Waals surface area (Å²) in [6.45, 7) is 1.76. The Morgan fingerprint density at radius 2 is 2.05 bits per heavy atom. The van der Waals surface area contributed by atoms with Crippen molar-refractivity contribution >= 4 is 45.0 Å². The molecule has 20 heavy (non-hydrogen) atoms. The lowest BCUT2D eigenvalue weighted by molar-refractivity contribution is 0.587. The molecule has 3 rings (SSSR count). The van der Waals surface area contributed by atoms with Crippen molar-refractivity contribution in [1.29, 1.82) is 0 Å². The molecule has 1 heterocycles.